The van der Waals surface area contributed by atoms with Gasteiger partial charge >= 0.3 is 0 Å². The van der Waals surface area contributed by atoms with Gasteiger partial charge in [-0.3, -0.25) is 14.8 Å². The van der Waals surface area contributed by atoms with Crippen molar-refractivity contribution >= 4 is 39.5 Å². The molecule has 0 unspecified atom stereocenters. The summed E-state index contributed by atoms with van der Waals surface area (Å²) in [5.74, 6) is 6.11. The van der Waals surface area contributed by atoms with E-state index in [1.54, 1.807) is 13.2 Å². The smallest absolute Gasteiger partial charge is 0.269 e. The molecule has 7 aromatic rings. The standard InChI is InChI=1S/C12H17N3.C12H13N.C11H15N3.C10H14N2O.C10H12N2.CH4/c1-8(2)10-5-6-13-12-11(10)7-15(4)9(3)14-12;1-9(2)10-7-8-13-12-6-4-3-5-11(10)12;1-7(2)9-4-5-12-11-10(9)6-13-8(3)14-11;1-7(2)8-4-5-12-9(6-8)10(13)11-3;1-7(2)8-3-5-11-10-9(8)4-6-12-10;/h5-6,8H,3,7H2,1-2,4H3,(H,13,14);3-9H,1-2H3;4-5,7,13H,3,6H2,1-2H3,(H,12,14);4-7H,1-3H3,(H,11,13);3-7H,1-2H3,(H,11,12);1H4. The van der Waals surface area contributed by atoms with Crippen LogP contribution in [0.3, 0.4) is 0 Å². The van der Waals surface area contributed by atoms with E-state index >= 15 is 0 Å². The average molecular weight is 918 g/mol. The van der Waals surface area contributed by atoms with Gasteiger partial charge < -0.3 is 31.2 Å². The molecule has 0 atom stereocenters. The van der Waals surface area contributed by atoms with Crippen LogP contribution in [0.15, 0.2) is 129 Å². The number of carbonyl (C=O) groups excluding carboxylic acids is 1. The molecule has 68 heavy (non-hydrogen) atoms. The van der Waals surface area contributed by atoms with Crippen molar-refractivity contribution in [2.75, 3.05) is 24.7 Å². The molecular formula is C56H75N11O. The van der Waals surface area contributed by atoms with Crippen LogP contribution in [0, 0.1) is 0 Å². The highest BCUT2D eigenvalue weighted by Gasteiger charge is 2.20. The summed E-state index contributed by atoms with van der Waals surface area (Å²) in [7, 11) is 3.64. The van der Waals surface area contributed by atoms with Crippen molar-refractivity contribution in [3.63, 3.8) is 0 Å². The number of amides is 1. The number of nitrogens with zero attached hydrogens (tertiary/aromatic N) is 6. The summed E-state index contributed by atoms with van der Waals surface area (Å²) in [6.45, 7) is 31.3. The van der Waals surface area contributed by atoms with E-state index in [1.165, 1.54) is 44.2 Å². The molecular weight excluding hydrogens is 843 g/mol. The molecule has 1 amide bonds. The molecule has 12 nitrogen and oxygen atoms in total. The SMILES string of the molecule is C.C=C1NCc2c(C(C)C)ccnc2N1.C=C1Nc2nccc(C(C)C)c2CN1C.CC(C)c1ccnc2[nH]ccc12.CC(C)c1ccnc2ccccc12.CNC(=O)c1cc(C(C)C)ccn1. The summed E-state index contributed by atoms with van der Waals surface area (Å²) in [5, 5.41) is 14.6. The summed E-state index contributed by atoms with van der Waals surface area (Å²) in [6, 6.07) is 22.5. The molecule has 360 valence electrons. The Hall–Kier alpha value is -7.08. The maximum atomic E-state index is 11.2. The average Bonchev–Trinajstić information content (AvgIpc) is 3.81. The maximum absolute atomic E-state index is 11.2. The predicted octanol–water partition coefficient (Wildman–Crippen LogP) is 13.0. The zero-order chi connectivity index (χ0) is 48.8. The number of hydrogen-bond donors (Lipinski definition) is 5. The second-order valence-electron chi connectivity index (χ2n) is 18.2. The van der Waals surface area contributed by atoms with E-state index in [1.807, 2.05) is 56.2 Å². The fourth-order valence-corrected chi connectivity index (χ4v) is 7.78. The van der Waals surface area contributed by atoms with E-state index in [2.05, 4.69) is 187 Å². The Bertz CT molecular complexity index is 2750. The number of hydrogen-bond acceptors (Lipinski definition) is 10. The topological polar surface area (TPSA) is 149 Å². The van der Waals surface area contributed by atoms with Crippen molar-refractivity contribution in [2.45, 2.75) is 119 Å². The Balaban J connectivity index is 0.000000185. The predicted molar refractivity (Wildman–Crippen MR) is 285 cm³/mol. The quantitative estimate of drug-likeness (QED) is 0.109. The Morgan fingerprint density at radius 3 is 1.79 bits per heavy atom. The number of pyridine rings is 5. The van der Waals surface area contributed by atoms with Gasteiger partial charge in [0.1, 0.15) is 23.0 Å². The number of para-hydroxylation sites is 1. The van der Waals surface area contributed by atoms with Gasteiger partial charge in [0, 0.05) is 86.3 Å². The first kappa shape index (κ1) is 53.5. The molecule has 8 heterocycles. The molecule has 2 aliphatic heterocycles. The van der Waals surface area contributed by atoms with Gasteiger partial charge in [0.2, 0.25) is 0 Å². The number of aromatic nitrogens is 6. The lowest BCUT2D eigenvalue weighted by Gasteiger charge is -2.31. The molecule has 9 rings (SSSR count). The second kappa shape index (κ2) is 25.2. The third-order valence-corrected chi connectivity index (χ3v) is 11.6. The summed E-state index contributed by atoms with van der Waals surface area (Å²) in [5.41, 5.74) is 11.7. The van der Waals surface area contributed by atoms with Gasteiger partial charge in [-0.05, 0) is 106 Å². The van der Waals surface area contributed by atoms with Crippen molar-refractivity contribution in [1.29, 1.82) is 0 Å². The number of nitrogens with one attached hydrogen (secondary N) is 5. The first-order valence-corrected chi connectivity index (χ1v) is 23.3. The molecule has 6 aromatic heterocycles. The van der Waals surface area contributed by atoms with Gasteiger partial charge in [-0.2, -0.15) is 0 Å². The summed E-state index contributed by atoms with van der Waals surface area (Å²) < 4.78 is 0. The Labute approximate surface area is 405 Å². The third-order valence-electron chi connectivity index (χ3n) is 11.6. The lowest BCUT2D eigenvalue weighted by molar-refractivity contribution is 0.0958. The van der Waals surface area contributed by atoms with Crippen molar-refractivity contribution in [1.82, 2.24) is 45.4 Å². The van der Waals surface area contributed by atoms with Gasteiger partial charge in [-0.25, -0.2) is 15.0 Å². The highest BCUT2D eigenvalue weighted by atomic mass is 16.1. The minimum Gasteiger partial charge on any atom is -0.368 e. The van der Waals surface area contributed by atoms with Crippen LogP contribution >= 0.6 is 0 Å². The number of rotatable bonds is 6. The molecule has 0 saturated heterocycles. The fraction of sp³-hybridized carbons (Fsp3) is 0.357. The molecule has 5 N–H and O–H groups in total. The number of carbonyl (C=O) groups is 1. The largest absolute Gasteiger partial charge is 0.368 e. The Morgan fingerprint density at radius 2 is 1.18 bits per heavy atom. The van der Waals surface area contributed by atoms with Gasteiger partial charge in [0.25, 0.3) is 5.91 Å². The van der Waals surface area contributed by atoms with Gasteiger partial charge in [-0.15, -0.1) is 0 Å². The number of anilines is 2. The molecule has 1 aromatic carbocycles. The minimum atomic E-state index is -0.137. The zero-order valence-corrected chi connectivity index (χ0v) is 41.6. The van der Waals surface area contributed by atoms with E-state index in [4.69, 9.17) is 0 Å². The second-order valence-corrected chi connectivity index (χ2v) is 18.2. The van der Waals surface area contributed by atoms with E-state index in [-0.39, 0.29) is 13.3 Å². The van der Waals surface area contributed by atoms with Gasteiger partial charge in [0.15, 0.2) is 0 Å². The van der Waals surface area contributed by atoms with Crippen LogP contribution in [0.4, 0.5) is 11.6 Å². The van der Waals surface area contributed by atoms with Crippen molar-refractivity contribution in [2.24, 2.45) is 0 Å². The van der Waals surface area contributed by atoms with Gasteiger partial charge in [-0.1, -0.05) is 108 Å². The Morgan fingerprint density at radius 1 is 0.632 bits per heavy atom. The maximum Gasteiger partial charge on any atom is 0.269 e. The molecule has 0 aliphatic carbocycles. The normalized spacial score (nSPS) is 12.4. The molecule has 0 spiro atoms. The zero-order valence-electron chi connectivity index (χ0n) is 41.6. The highest BCUT2D eigenvalue weighted by molar-refractivity contribution is 5.92. The lowest BCUT2D eigenvalue weighted by Crippen LogP contribution is -2.28. The van der Waals surface area contributed by atoms with E-state index in [0.29, 0.717) is 35.3 Å². The third kappa shape index (κ3) is 14.0. The lowest BCUT2D eigenvalue weighted by atomic mass is 9.97. The van der Waals surface area contributed by atoms with Crippen molar-refractivity contribution in [3.05, 3.63) is 173 Å². The summed E-state index contributed by atoms with van der Waals surface area (Å²) >= 11 is 0. The van der Waals surface area contributed by atoms with E-state index in [9.17, 15) is 4.79 Å². The fourth-order valence-electron chi connectivity index (χ4n) is 7.78. The van der Waals surface area contributed by atoms with Crippen LogP contribution < -0.4 is 21.3 Å². The van der Waals surface area contributed by atoms with Crippen LogP contribution in [-0.4, -0.2) is 54.8 Å². The van der Waals surface area contributed by atoms with Crippen LogP contribution in [0.1, 0.15) is 156 Å². The van der Waals surface area contributed by atoms with Crippen molar-refractivity contribution < 1.29 is 4.79 Å². The molecule has 0 bridgehead atoms. The van der Waals surface area contributed by atoms with Crippen LogP contribution in [0.5, 0.6) is 0 Å². The number of benzene rings is 1. The Kier molecular flexibility index (Phi) is 19.8. The number of fused-ring (bicyclic) bond motifs is 4. The van der Waals surface area contributed by atoms with Gasteiger partial charge in [0.05, 0.1) is 17.2 Å². The molecule has 12 heteroatoms. The molecule has 0 saturated carbocycles. The first-order chi connectivity index (χ1) is 32.0. The number of aromatic amines is 1. The minimum absolute atomic E-state index is 0. The highest BCUT2D eigenvalue weighted by Crippen LogP contribution is 2.31. The molecule has 2 aliphatic rings. The van der Waals surface area contributed by atoms with E-state index in [0.717, 1.165) is 53.1 Å². The first-order valence-electron chi connectivity index (χ1n) is 23.3. The van der Waals surface area contributed by atoms with Crippen LogP contribution in [0.25, 0.3) is 21.9 Å². The summed E-state index contributed by atoms with van der Waals surface area (Å²) in [6.07, 6.45) is 11.1. The monoisotopic (exact) mass is 918 g/mol. The number of H-pyrrole nitrogens is 1. The molecule has 0 fully saturated rings. The summed E-state index contributed by atoms with van der Waals surface area (Å²) in [4.78, 5) is 37.6. The van der Waals surface area contributed by atoms with Crippen molar-refractivity contribution in [3.8, 4) is 0 Å². The van der Waals surface area contributed by atoms with E-state index < -0.39 is 0 Å². The van der Waals surface area contributed by atoms with Crippen LogP contribution in [0.2, 0.25) is 0 Å². The van der Waals surface area contributed by atoms with Crippen LogP contribution in [-0.2, 0) is 13.1 Å². The molecule has 0 radical (unpaired) electrons.